The van der Waals surface area contributed by atoms with E-state index < -0.39 is 17.7 Å². The Morgan fingerprint density at radius 3 is 2.00 bits per heavy atom. The number of hydrogen-bond acceptors (Lipinski definition) is 2. The molecule has 0 aromatic heterocycles. The monoisotopic (exact) mass is 267 g/mol. The average Bonchev–Trinajstić information content (AvgIpc) is 2.25. The first-order valence-corrected chi connectivity index (χ1v) is 4.77. The van der Waals surface area contributed by atoms with Gasteiger partial charge in [0, 0.05) is 5.56 Å². The van der Waals surface area contributed by atoms with Crippen LogP contribution in [0.5, 0.6) is 0 Å². The zero-order valence-corrected chi connectivity index (χ0v) is 9.08. The van der Waals surface area contributed by atoms with E-state index in [9.17, 15) is 22.0 Å². The van der Waals surface area contributed by atoms with Crippen LogP contribution < -0.4 is 0 Å². The lowest BCUT2D eigenvalue weighted by Crippen LogP contribution is -2.33. The summed E-state index contributed by atoms with van der Waals surface area (Å²) in [5.41, 5.74) is -0.621. The molecule has 0 spiro atoms. The highest BCUT2D eigenvalue weighted by Gasteiger charge is 2.58. The van der Waals surface area contributed by atoms with Gasteiger partial charge in [0.05, 0.1) is 11.7 Å². The van der Waals surface area contributed by atoms with Crippen molar-refractivity contribution in [1.29, 1.82) is 0 Å². The Balaban J connectivity index is 2.98. The quantitative estimate of drug-likeness (QED) is 0.459. The van der Waals surface area contributed by atoms with Crippen molar-refractivity contribution >= 4 is 17.4 Å². The van der Waals surface area contributed by atoms with Crippen molar-refractivity contribution in [3.05, 3.63) is 35.4 Å². The van der Waals surface area contributed by atoms with Crippen LogP contribution in [0.2, 0.25) is 0 Å². The Labute approximate surface area is 99.0 Å². The van der Waals surface area contributed by atoms with Crippen molar-refractivity contribution in [1.82, 2.24) is 0 Å². The molecule has 1 nitrogen and oxygen atoms in total. The number of hydrogen-bond donors (Lipinski definition) is 0. The number of benzene rings is 1. The summed E-state index contributed by atoms with van der Waals surface area (Å²) >= 11 is 4.30. The number of aliphatic imine (C=N–C) groups is 1. The SMILES string of the molecule is FC(F)(F)C(F)(F)c1ccc(CN=C=S)cc1. The average molecular weight is 267 g/mol. The van der Waals surface area contributed by atoms with Gasteiger partial charge in [-0.15, -0.1) is 0 Å². The van der Waals surface area contributed by atoms with E-state index in [0.717, 1.165) is 24.3 Å². The summed E-state index contributed by atoms with van der Waals surface area (Å²) < 4.78 is 61.8. The number of halogens is 5. The normalized spacial score (nSPS) is 12.1. The van der Waals surface area contributed by atoms with Crippen LogP contribution in [0.3, 0.4) is 0 Å². The fourth-order valence-electron chi connectivity index (χ4n) is 1.11. The molecule has 0 heterocycles. The van der Waals surface area contributed by atoms with Gasteiger partial charge in [0.2, 0.25) is 0 Å². The maximum absolute atomic E-state index is 12.9. The van der Waals surface area contributed by atoms with Gasteiger partial charge in [0.1, 0.15) is 0 Å². The van der Waals surface area contributed by atoms with Gasteiger partial charge >= 0.3 is 12.1 Å². The fourth-order valence-corrected chi connectivity index (χ4v) is 1.17. The minimum atomic E-state index is -5.60. The number of nitrogens with zero attached hydrogens (tertiary/aromatic N) is 1. The van der Waals surface area contributed by atoms with Crippen molar-refractivity contribution in [2.24, 2.45) is 4.99 Å². The van der Waals surface area contributed by atoms with E-state index in [1.165, 1.54) is 0 Å². The smallest absolute Gasteiger partial charge is 0.228 e. The Kier molecular flexibility index (Phi) is 3.95. The number of alkyl halides is 5. The molecule has 1 aromatic rings. The molecule has 1 rings (SSSR count). The summed E-state index contributed by atoms with van der Waals surface area (Å²) in [7, 11) is 0. The molecular formula is C10H6F5NS. The van der Waals surface area contributed by atoms with Crippen molar-refractivity contribution in [3.8, 4) is 0 Å². The molecule has 92 valence electrons. The third-order valence-electron chi connectivity index (χ3n) is 2.00. The molecular weight excluding hydrogens is 261 g/mol. The minimum absolute atomic E-state index is 0.0986. The van der Waals surface area contributed by atoms with Crippen LogP contribution in [0.15, 0.2) is 29.3 Å². The highest BCUT2D eigenvalue weighted by atomic mass is 32.1. The molecule has 7 heteroatoms. The summed E-state index contributed by atoms with van der Waals surface area (Å²) in [6.45, 7) is 0.0986. The van der Waals surface area contributed by atoms with Gasteiger partial charge in [0.15, 0.2) is 0 Å². The second-order valence-corrected chi connectivity index (χ2v) is 3.36. The molecule has 0 fully saturated rings. The highest BCUT2D eigenvalue weighted by Crippen LogP contribution is 2.43. The molecule has 0 saturated carbocycles. The molecule has 1 aromatic carbocycles. The molecule has 0 radical (unpaired) electrons. The second kappa shape index (κ2) is 4.89. The molecule has 0 unspecified atom stereocenters. The van der Waals surface area contributed by atoms with Crippen LogP contribution in [0.4, 0.5) is 22.0 Å². The van der Waals surface area contributed by atoms with E-state index >= 15 is 0 Å². The molecule has 0 aliphatic carbocycles. The molecule has 0 amide bonds. The maximum atomic E-state index is 12.9. The van der Waals surface area contributed by atoms with Gasteiger partial charge in [-0.05, 0) is 17.8 Å². The first-order valence-electron chi connectivity index (χ1n) is 4.36. The van der Waals surface area contributed by atoms with Gasteiger partial charge in [-0.2, -0.15) is 22.0 Å². The zero-order valence-electron chi connectivity index (χ0n) is 8.26. The van der Waals surface area contributed by atoms with Crippen LogP contribution in [0.1, 0.15) is 11.1 Å². The Morgan fingerprint density at radius 1 is 1.06 bits per heavy atom. The standard InChI is InChI=1S/C10H6F5NS/c11-9(12,10(13,14)15)8-3-1-7(2-4-8)5-16-6-17/h1-4H,5H2. The summed E-state index contributed by atoms with van der Waals surface area (Å²) in [6, 6.07) is 3.74. The maximum Gasteiger partial charge on any atom is 0.458 e. The molecule has 0 atom stereocenters. The lowest BCUT2D eigenvalue weighted by molar-refractivity contribution is -0.289. The molecule has 0 N–H and O–H groups in total. The van der Waals surface area contributed by atoms with Gasteiger partial charge in [-0.1, -0.05) is 24.3 Å². The van der Waals surface area contributed by atoms with Crippen molar-refractivity contribution in [2.45, 2.75) is 18.6 Å². The summed E-state index contributed by atoms with van der Waals surface area (Å²) in [5, 5.41) is 2.07. The summed E-state index contributed by atoms with van der Waals surface area (Å²) in [5.74, 6) is -4.85. The fraction of sp³-hybridized carbons (Fsp3) is 0.300. The highest BCUT2D eigenvalue weighted by molar-refractivity contribution is 7.78. The van der Waals surface area contributed by atoms with Crippen LogP contribution in [-0.4, -0.2) is 11.3 Å². The lowest BCUT2D eigenvalue weighted by atomic mass is 10.1. The molecule has 0 aliphatic heterocycles. The van der Waals surface area contributed by atoms with Crippen molar-refractivity contribution in [3.63, 3.8) is 0 Å². The third-order valence-corrected chi connectivity index (χ3v) is 2.13. The van der Waals surface area contributed by atoms with Crippen LogP contribution in [0.25, 0.3) is 0 Å². The van der Waals surface area contributed by atoms with Crippen molar-refractivity contribution < 1.29 is 22.0 Å². The number of isothiocyanates is 1. The Bertz CT molecular complexity index is 431. The van der Waals surface area contributed by atoms with Crippen LogP contribution >= 0.6 is 12.2 Å². The van der Waals surface area contributed by atoms with Gasteiger partial charge in [-0.3, -0.25) is 0 Å². The van der Waals surface area contributed by atoms with E-state index in [2.05, 4.69) is 22.4 Å². The second-order valence-electron chi connectivity index (χ2n) is 3.18. The third kappa shape index (κ3) is 3.08. The summed E-state index contributed by atoms with van der Waals surface area (Å²) in [6.07, 6.45) is -5.60. The first-order chi connectivity index (χ1) is 7.79. The number of thiocarbonyl (C=S) groups is 1. The van der Waals surface area contributed by atoms with Crippen LogP contribution in [-0.2, 0) is 12.5 Å². The molecule has 0 bridgehead atoms. The molecule has 0 saturated heterocycles. The largest absolute Gasteiger partial charge is 0.458 e. The van der Waals surface area contributed by atoms with Gasteiger partial charge < -0.3 is 0 Å². The number of rotatable bonds is 3. The van der Waals surface area contributed by atoms with Crippen molar-refractivity contribution in [2.75, 3.05) is 0 Å². The Morgan fingerprint density at radius 2 is 1.59 bits per heavy atom. The molecule has 17 heavy (non-hydrogen) atoms. The van der Waals surface area contributed by atoms with E-state index in [1.54, 1.807) is 0 Å². The molecule has 0 aliphatic rings. The predicted octanol–water partition coefficient (Wildman–Crippen LogP) is 3.94. The predicted molar refractivity (Wildman–Crippen MR) is 55.1 cm³/mol. The van der Waals surface area contributed by atoms with E-state index in [0.29, 0.717) is 5.56 Å². The Hall–Kier alpha value is -1.33. The van der Waals surface area contributed by atoms with E-state index in [4.69, 9.17) is 0 Å². The van der Waals surface area contributed by atoms with Gasteiger partial charge in [0.25, 0.3) is 0 Å². The van der Waals surface area contributed by atoms with Crippen LogP contribution in [0, 0.1) is 0 Å². The minimum Gasteiger partial charge on any atom is -0.228 e. The zero-order chi connectivity index (χ0) is 13.1. The topological polar surface area (TPSA) is 12.4 Å². The summed E-state index contributed by atoms with van der Waals surface area (Å²) in [4.78, 5) is 3.54. The van der Waals surface area contributed by atoms with E-state index in [1.807, 2.05) is 0 Å². The lowest BCUT2D eigenvalue weighted by Gasteiger charge is -2.19. The van der Waals surface area contributed by atoms with E-state index in [-0.39, 0.29) is 6.54 Å². The first kappa shape index (κ1) is 13.7. The van der Waals surface area contributed by atoms with Gasteiger partial charge in [-0.25, -0.2) is 4.99 Å².